The summed E-state index contributed by atoms with van der Waals surface area (Å²) >= 11 is 0. The van der Waals surface area contributed by atoms with E-state index < -0.39 is 4.92 Å². The zero-order chi connectivity index (χ0) is 16.9. The number of imidazole rings is 1. The van der Waals surface area contributed by atoms with Crippen LogP contribution in [-0.2, 0) is 11.3 Å². The van der Waals surface area contributed by atoms with Gasteiger partial charge in [-0.25, -0.2) is 10.4 Å². The minimum Gasteiger partial charge on any atom is -0.321 e. The number of fused-ring (bicyclic) bond motifs is 1. The molecule has 0 saturated carbocycles. The smallest absolute Gasteiger partial charge is 0.269 e. The van der Waals surface area contributed by atoms with Crippen molar-refractivity contribution in [3.8, 4) is 0 Å². The lowest BCUT2D eigenvalue weighted by Crippen LogP contribution is -2.22. The summed E-state index contributed by atoms with van der Waals surface area (Å²) in [4.78, 5) is 26.2. The minimum absolute atomic E-state index is 0.00294. The highest BCUT2D eigenvalue weighted by Gasteiger charge is 2.06. The van der Waals surface area contributed by atoms with Crippen LogP contribution >= 0.6 is 0 Å². The number of rotatable bonds is 5. The van der Waals surface area contributed by atoms with Gasteiger partial charge in [-0.1, -0.05) is 12.1 Å². The van der Waals surface area contributed by atoms with Crippen molar-refractivity contribution in [2.45, 2.75) is 6.54 Å². The van der Waals surface area contributed by atoms with Gasteiger partial charge < -0.3 is 4.57 Å². The maximum atomic E-state index is 11.9. The highest BCUT2D eigenvalue weighted by atomic mass is 16.6. The molecule has 0 bridgehead atoms. The van der Waals surface area contributed by atoms with Crippen LogP contribution in [0.4, 0.5) is 5.69 Å². The molecule has 1 N–H and O–H groups in total. The SMILES string of the molecule is O=C(Cn1cnc2ccccc21)N/N=C\c1ccc([N+](=O)[O-])cc1. The van der Waals surface area contributed by atoms with Crippen molar-refractivity contribution in [2.75, 3.05) is 0 Å². The zero-order valence-corrected chi connectivity index (χ0v) is 12.5. The quantitative estimate of drug-likeness (QED) is 0.441. The molecule has 1 aromatic heterocycles. The Kier molecular flexibility index (Phi) is 4.28. The van der Waals surface area contributed by atoms with Crippen LogP contribution < -0.4 is 5.43 Å². The van der Waals surface area contributed by atoms with Crippen LogP contribution in [0, 0.1) is 10.1 Å². The van der Waals surface area contributed by atoms with Crippen LogP contribution in [0.5, 0.6) is 0 Å². The van der Waals surface area contributed by atoms with E-state index in [1.54, 1.807) is 23.0 Å². The number of aromatic nitrogens is 2. The molecular weight excluding hydrogens is 310 g/mol. The minimum atomic E-state index is -0.474. The van der Waals surface area contributed by atoms with Gasteiger partial charge in [0.25, 0.3) is 11.6 Å². The Morgan fingerprint density at radius 1 is 1.25 bits per heavy atom. The number of nitrogens with zero attached hydrogens (tertiary/aromatic N) is 4. The largest absolute Gasteiger partial charge is 0.321 e. The average Bonchev–Trinajstić information content (AvgIpc) is 2.98. The van der Waals surface area contributed by atoms with Crippen LogP contribution in [-0.4, -0.2) is 26.6 Å². The normalized spacial score (nSPS) is 11.0. The third-order valence-electron chi connectivity index (χ3n) is 3.35. The maximum Gasteiger partial charge on any atom is 0.269 e. The lowest BCUT2D eigenvalue weighted by atomic mass is 10.2. The summed E-state index contributed by atoms with van der Waals surface area (Å²) in [5.74, 6) is -0.295. The molecule has 0 saturated heterocycles. The molecule has 120 valence electrons. The molecule has 0 atom stereocenters. The van der Waals surface area contributed by atoms with Gasteiger partial charge in [0.05, 0.1) is 28.5 Å². The fraction of sp³-hybridized carbons (Fsp3) is 0.0625. The molecule has 8 heteroatoms. The van der Waals surface area contributed by atoms with Gasteiger partial charge >= 0.3 is 0 Å². The Labute approximate surface area is 136 Å². The predicted molar refractivity (Wildman–Crippen MR) is 88.6 cm³/mol. The number of amides is 1. The van der Waals surface area contributed by atoms with Crippen LogP contribution in [0.1, 0.15) is 5.56 Å². The average molecular weight is 323 g/mol. The number of nitro benzene ring substituents is 1. The van der Waals surface area contributed by atoms with Gasteiger partial charge in [-0.15, -0.1) is 0 Å². The molecule has 3 aromatic rings. The number of hydrogen-bond acceptors (Lipinski definition) is 5. The first-order valence-corrected chi connectivity index (χ1v) is 7.10. The summed E-state index contributed by atoms with van der Waals surface area (Å²) in [6, 6.07) is 13.4. The van der Waals surface area contributed by atoms with E-state index in [1.165, 1.54) is 18.3 Å². The van der Waals surface area contributed by atoms with Crippen molar-refractivity contribution in [3.05, 3.63) is 70.5 Å². The van der Waals surface area contributed by atoms with Gasteiger partial charge in [0.15, 0.2) is 0 Å². The van der Waals surface area contributed by atoms with Crippen molar-refractivity contribution in [1.29, 1.82) is 0 Å². The van der Waals surface area contributed by atoms with Gasteiger partial charge in [-0.2, -0.15) is 5.10 Å². The van der Waals surface area contributed by atoms with E-state index in [2.05, 4.69) is 15.5 Å². The van der Waals surface area contributed by atoms with E-state index in [0.717, 1.165) is 11.0 Å². The Hall–Kier alpha value is -3.55. The van der Waals surface area contributed by atoms with Crippen molar-refractivity contribution in [3.63, 3.8) is 0 Å². The molecular formula is C16H13N5O3. The van der Waals surface area contributed by atoms with Gasteiger partial charge in [-0.3, -0.25) is 14.9 Å². The highest BCUT2D eigenvalue weighted by molar-refractivity contribution is 5.83. The maximum absolute atomic E-state index is 11.9. The topological polar surface area (TPSA) is 102 Å². The van der Waals surface area contributed by atoms with Crippen LogP contribution in [0.2, 0.25) is 0 Å². The fourth-order valence-electron chi connectivity index (χ4n) is 2.19. The summed E-state index contributed by atoms with van der Waals surface area (Å²) in [6.07, 6.45) is 3.03. The third kappa shape index (κ3) is 3.43. The lowest BCUT2D eigenvalue weighted by Gasteiger charge is -2.02. The van der Waals surface area contributed by atoms with Crippen molar-refractivity contribution >= 4 is 28.8 Å². The van der Waals surface area contributed by atoms with Crippen molar-refractivity contribution < 1.29 is 9.72 Å². The molecule has 0 unspecified atom stereocenters. The van der Waals surface area contributed by atoms with E-state index in [1.807, 2.05) is 24.3 Å². The molecule has 0 radical (unpaired) electrons. The Morgan fingerprint density at radius 3 is 2.75 bits per heavy atom. The van der Waals surface area contributed by atoms with E-state index >= 15 is 0 Å². The summed E-state index contributed by atoms with van der Waals surface area (Å²) in [6.45, 7) is 0.0954. The number of carbonyl (C=O) groups excluding carboxylic acids is 1. The Balaban J connectivity index is 1.60. The van der Waals surface area contributed by atoms with Crippen molar-refractivity contribution in [2.24, 2.45) is 5.10 Å². The molecule has 0 aliphatic heterocycles. The second-order valence-electron chi connectivity index (χ2n) is 5.00. The van der Waals surface area contributed by atoms with E-state index in [0.29, 0.717) is 5.56 Å². The first kappa shape index (κ1) is 15.3. The van der Waals surface area contributed by atoms with E-state index in [4.69, 9.17) is 0 Å². The number of carbonyl (C=O) groups is 1. The number of non-ortho nitro benzene ring substituents is 1. The van der Waals surface area contributed by atoms with Gasteiger partial charge in [0, 0.05) is 12.1 Å². The molecule has 0 spiro atoms. The third-order valence-corrected chi connectivity index (χ3v) is 3.35. The van der Waals surface area contributed by atoms with Crippen molar-refractivity contribution in [1.82, 2.24) is 15.0 Å². The highest BCUT2D eigenvalue weighted by Crippen LogP contribution is 2.11. The van der Waals surface area contributed by atoms with Crippen LogP contribution in [0.25, 0.3) is 11.0 Å². The summed E-state index contributed by atoms with van der Waals surface area (Å²) < 4.78 is 1.73. The molecule has 3 rings (SSSR count). The fourth-order valence-corrected chi connectivity index (χ4v) is 2.19. The first-order valence-electron chi connectivity index (χ1n) is 7.10. The standard InChI is InChI=1S/C16H13N5O3/c22-16(10-20-11-17-14-3-1-2-4-15(14)20)19-18-9-12-5-7-13(8-6-12)21(23)24/h1-9,11H,10H2,(H,19,22)/b18-9-. The molecule has 0 aliphatic carbocycles. The summed E-state index contributed by atoms with van der Waals surface area (Å²) in [5, 5.41) is 14.4. The van der Waals surface area contributed by atoms with Crippen LogP contribution in [0.15, 0.2) is 60.0 Å². The predicted octanol–water partition coefficient (Wildman–Crippen LogP) is 2.09. The number of nitro groups is 1. The molecule has 24 heavy (non-hydrogen) atoms. The van der Waals surface area contributed by atoms with Gasteiger partial charge in [-0.05, 0) is 29.8 Å². The summed E-state index contributed by atoms with van der Waals surface area (Å²) in [5.41, 5.74) is 4.76. The number of para-hydroxylation sites is 2. The monoisotopic (exact) mass is 323 g/mol. The molecule has 1 heterocycles. The Bertz CT molecular complexity index is 915. The van der Waals surface area contributed by atoms with E-state index in [9.17, 15) is 14.9 Å². The second kappa shape index (κ2) is 6.69. The molecule has 1 amide bonds. The molecule has 0 fully saturated rings. The Morgan fingerprint density at radius 2 is 2.00 bits per heavy atom. The summed E-state index contributed by atoms with van der Waals surface area (Å²) in [7, 11) is 0. The molecule has 8 nitrogen and oxygen atoms in total. The van der Waals surface area contributed by atoms with Gasteiger partial charge in [0.1, 0.15) is 6.54 Å². The number of nitrogens with one attached hydrogen (secondary N) is 1. The zero-order valence-electron chi connectivity index (χ0n) is 12.5. The first-order chi connectivity index (χ1) is 11.6. The molecule has 2 aromatic carbocycles. The lowest BCUT2D eigenvalue weighted by molar-refractivity contribution is -0.384. The van der Waals surface area contributed by atoms with Crippen LogP contribution in [0.3, 0.4) is 0 Å². The molecule has 0 aliphatic rings. The second-order valence-corrected chi connectivity index (χ2v) is 5.00. The number of benzene rings is 2. The number of hydrazone groups is 1. The van der Waals surface area contributed by atoms with E-state index in [-0.39, 0.29) is 18.1 Å². The number of hydrogen-bond donors (Lipinski definition) is 1. The van der Waals surface area contributed by atoms with Gasteiger partial charge in [0.2, 0.25) is 0 Å².